The van der Waals surface area contributed by atoms with E-state index >= 15 is 0 Å². The van der Waals surface area contributed by atoms with Gasteiger partial charge in [-0.15, -0.1) is 11.3 Å². The zero-order valence-corrected chi connectivity index (χ0v) is 17.2. The smallest absolute Gasteiger partial charge is 0.255 e. The number of aromatic nitrogens is 2. The van der Waals surface area contributed by atoms with Crippen LogP contribution in [-0.2, 0) is 12.8 Å². The van der Waals surface area contributed by atoms with Crippen molar-refractivity contribution in [3.05, 3.63) is 64.0 Å². The molecule has 6 heteroatoms. The van der Waals surface area contributed by atoms with Crippen LogP contribution in [0, 0.1) is 0 Å². The van der Waals surface area contributed by atoms with Gasteiger partial charge in [-0.1, -0.05) is 30.3 Å². The molecule has 2 aromatic heterocycles. The lowest BCUT2D eigenvalue weighted by Gasteiger charge is -2.35. The van der Waals surface area contributed by atoms with Crippen molar-refractivity contribution in [1.29, 1.82) is 0 Å². The van der Waals surface area contributed by atoms with E-state index in [1.165, 1.54) is 23.3 Å². The fourth-order valence-corrected chi connectivity index (χ4v) is 5.35. The van der Waals surface area contributed by atoms with E-state index in [4.69, 9.17) is 4.98 Å². The van der Waals surface area contributed by atoms with Crippen molar-refractivity contribution in [1.82, 2.24) is 14.9 Å². The Hall–Kier alpha value is -2.73. The minimum absolute atomic E-state index is 0.205. The average molecular weight is 405 g/mol. The van der Waals surface area contributed by atoms with E-state index in [1.54, 1.807) is 11.3 Å². The van der Waals surface area contributed by atoms with E-state index in [9.17, 15) is 4.79 Å². The van der Waals surface area contributed by atoms with E-state index < -0.39 is 0 Å². The highest BCUT2D eigenvalue weighted by atomic mass is 32.1. The summed E-state index contributed by atoms with van der Waals surface area (Å²) < 4.78 is 0. The first-order valence-corrected chi connectivity index (χ1v) is 11.2. The second-order valence-electron chi connectivity index (χ2n) is 7.64. The summed E-state index contributed by atoms with van der Waals surface area (Å²) in [5.74, 6) is 1.88. The highest BCUT2D eigenvalue weighted by Crippen LogP contribution is 2.31. The number of benzene rings is 1. The van der Waals surface area contributed by atoms with Gasteiger partial charge in [0, 0.05) is 48.2 Å². The molecule has 0 spiro atoms. The van der Waals surface area contributed by atoms with Crippen molar-refractivity contribution in [2.24, 2.45) is 0 Å². The average Bonchev–Trinajstić information content (AvgIpc) is 3.24. The lowest BCUT2D eigenvalue weighted by atomic mass is 9.95. The Kier molecular flexibility index (Phi) is 5.02. The third-order valence-corrected chi connectivity index (χ3v) is 6.94. The number of hydrogen-bond acceptors (Lipinski definition) is 5. The minimum atomic E-state index is 0.205. The van der Waals surface area contributed by atoms with Gasteiger partial charge < -0.3 is 9.80 Å². The van der Waals surface area contributed by atoms with Gasteiger partial charge in [-0.2, -0.15) is 0 Å². The highest BCUT2D eigenvalue weighted by molar-refractivity contribution is 7.10. The monoisotopic (exact) mass is 404 g/mol. The third kappa shape index (κ3) is 3.65. The van der Waals surface area contributed by atoms with Crippen molar-refractivity contribution in [3.63, 3.8) is 0 Å². The van der Waals surface area contributed by atoms with Crippen LogP contribution in [0.3, 0.4) is 0 Å². The zero-order valence-electron chi connectivity index (χ0n) is 16.4. The van der Waals surface area contributed by atoms with Gasteiger partial charge in [-0.25, -0.2) is 9.97 Å². The topological polar surface area (TPSA) is 49.3 Å². The predicted octanol–water partition coefficient (Wildman–Crippen LogP) is 4.05. The van der Waals surface area contributed by atoms with Crippen molar-refractivity contribution >= 4 is 23.1 Å². The number of piperazine rings is 1. The molecule has 0 radical (unpaired) electrons. The molecule has 0 atom stereocenters. The summed E-state index contributed by atoms with van der Waals surface area (Å²) in [7, 11) is 0. The zero-order chi connectivity index (χ0) is 19.6. The van der Waals surface area contributed by atoms with E-state index in [0.29, 0.717) is 0 Å². The second-order valence-corrected chi connectivity index (χ2v) is 8.61. The first-order chi connectivity index (χ1) is 14.3. The maximum Gasteiger partial charge on any atom is 0.255 e. The summed E-state index contributed by atoms with van der Waals surface area (Å²) in [6.07, 6.45) is 6.47. The van der Waals surface area contributed by atoms with Crippen LogP contribution in [-0.4, -0.2) is 47.0 Å². The van der Waals surface area contributed by atoms with Crippen LogP contribution in [0.1, 0.15) is 33.6 Å². The van der Waals surface area contributed by atoms with Crippen molar-refractivity contribution in [2.45, 2.75) is 25.7 Å². The molecule has 5 rings (SSSR count). The van der Waals surface area contributed by atoms with Crippen LogP contribution < -0.4 is 4.90 Å². The van der Waals surface area contributed by atoms with Gasteiger partial charge in [0.15, 0.2) is 5.82 Å². The molecular weight excluding hydrogens is 380 g/mol. The van der Waals surface area contributed by atoms with Gasteiger partial charge in [0.2, 0.25) is 0 Å². The maximum absolute atomic E-state index is 13.1. The van der Waals surface area contributed by atoms with Crippen LogP contribution in [0.2, 0.25) is 0 Å². The Bertz CT molecular complexity index is 1010. The number of hydrogen-bond donors (Lipinski definition) is 0. The number of thiophene rings is 1. The van der Waals surface area contributed by atoms with Gasteiger partial charge in [0.1, 0.15) is 5.82 Å². The molecule has 0 unspecified atom stereocenters. The summed E-state index contributed by atoms with van der Waals surface area (Å²) in [6.45, 7) is 3.05. The molecule has 5 nitrogen and oxygen atoms in total. The SMILES string of the molecule is O=C(c1csc2c1CCCC2)N1CCN(c2ccnc(-c3ccccc3)n2)CC1. The van der Waals surface area contributed by atoms with Crippen LogP contribution in [0.25, 0.3) is 11.4 Å². The number of amides is 1. The number of fused-ring (bicyclic) bond motifs is 1. The van der Waals surface area contributed by atoms with Gasteiger partial charge in [0.05, 0.1) is 5.56 Å². The molecule has 0 saturated carbocycles. The largest absolute Gasteiger partial charge is 0.353 e. The fourth-order valence-electron chi connectivity index (χ4n) is 4.23. The Morgan fingerprint density at radius 1 is 0.966 bits per heavy atom. The molecule has 1 aliphatic carbocycles. The van der Waals surface area contributed by atoms with Crippen molar-refractivity contribution in [3.8, 4) is 11.4 Å². The normalized spacial score (nSPS) is 16.6. The standard InChI is InChI=1S/C23H24N4OS/c28-23(19-16-29-20-9-5-4-8-18(19)20)27-14-12-26(13-15-27)21-10-11-24-22(25-21)17-6-2-1-3-7-17/h1-3,6-7,10-11,16H,4-5,8-9,12-15H2. The summed E-state index contributed by atoms with van der Waals surface area (Å²) in [5, 5.41) is 2.08. The first kappa shape index (κ1) is 18.3. The molecule has 1 fully saturated rings. The molecule has 0 bridgehead atoms. The number of aryl methyl sites for hydroxylation is 1. The molecule has 29 heavy (non-hydrogen) atoms. The fraction of sp³-hybridized carbons (Fsp3) is 0.348. The van der Waals surface area contributed by atoms with Crippen molar-refractivity contribution < 1.29 is 4.79 Å². The quantitative estimate of drug-likeness (QED) is 0.661. The molecule has 3 heterocycles. The van der Waals surface area contributed by atoms with E-state index in [1.807, 2.05) is 47.5 Å². The Morgan fingerprint density at radius 3 is 2.59 bits per heavy atom. The van der Waals surface area contributed by atoms with E-state index in [-0.39, 0.29) is 5.91 Å². The summed E-state index contributed by atoms with van der Waals surface area (Å²) in [4.78, 5) is 28.0. The first-order valence-electron chi connectivity index (χ1n) is 10.3. The Morgan fingerprint density at radius 2 is 1.76 bits per heavy atom. The Balaban J connectivity index is 1.27. The minimum Gasteiger partial charge on any atom is -0.353 e. The number of carbonyl (C=O) groups excluding carboxylic acids is 1. The molecule has 1 amide bonds. The van der Waals surface area contributed by atoms with Gasteiger partial charge in [-0.05, 0) is 37.3 Å². The molecule has 1 aliphatic heterocycles. The molecule has 0 N–H and O–H groups in total. The Labute approximate surface area is 175 Å². The second kappa shape index (κ2) is 7.95. The lowest BCUT2D eigenvalue weighted by Crippen LogP contribution is -2.49. The lowest BCUT2D eigenvalue weighted by molar-refractivity contribution is 0.0745. The summed E-state index contributed by atoms with van der Waals surface area (Å²) in [5.41, 5.74) is 3.29. The molecule has 1 aromatic carbocycles. The molecule has 3 aromatic rings. The third-order valence-electron chi connectivity index (χ3n) is 5.86. The molecule has 148 valence electrons. The van der Waals surface area contributed by atoms with E-state index in [2.05, 4.69) is 15.3 Å². The summed E-state index contributed by atoms with van der Waals surface area (Å²) in [6, 6.07) is 12.0. The van der Waals surface area contributed by atoms with E-state index in [0.717, 1.165) is 61.8 Å². The van der Waals surface area contributed by atoms with Crippen LogP contribution in [0.15, 0.2) is 48.0 Å². The number of anilines is 1. The van der Waals surface area contributed by atoms with Crippen LogP contribution >= 0.6 is 11.3 Å². The maximum atomic E-state index is 13.1. The number of carbonyl (C=O) groups is 1. The van der Waals surface area contributed by atoms with Gasteiger partial charge in [0.25, 0.3) is 5.91 Å². The molecule has 1 saturated heterocycles. The predicted molar refractivity (Wildman–Crippen MR) is 117 cm³/mol. The molecule has 2 aliphatic rings. The van der Waals surface area contributed by atoms with Gasteiger partial charge >= 0.3 is 0 Å². The van der Waals surface area contributed by atoms with Crippen molar-refractivity contribution in [2.75, 3.05) is 31.1 Å². The summed E-state index contributed by atoms with van der Waals surface area (Å²) >= 11 is 1.77. The number of rotatable bonds is 3. The molecular formula is C23H24N4OS. The van der Waals surface area contributed by atoms with Gasteiger partial charge in [-0.3, -0.25) is 4.79 Å². The highest BCUT2D eigenvalue weighted by Gasteiger charge is 2.27. The number of nitrogens with zero attached hydrogens (tertiary/aromatic N) is 4. The van der Waals surface area contributed by atoms with Crippen LogP contribution in [0.4, 0.5) is 5.82 Å². The van der Waals surface area contributed by atoms with Crippen LogP contribution in [0.5, 0.6) is 0 Å².